The third-order valence-corrected chi connectivity index (χ3v) is 4.64. The van der Waals surface area contributed by atoms with Crippen LogP contribution in [0.15, 0.2) is 24.9 Å². The molecule has 0 bridgehead atoms. The molecule has 0 radical (unpaired) electrons. The fraction of sp³-hybridized carbons (Fsp3) is 0.438. The van der Waals surface area contributed by atoms with Crippen molar-refractivity contribution in [3.63, 3.8) is 0 Å². The Morgan fingerprint density at radius 3 is 2.92 bits per heavy atom. The number of nitrogens with zero attached hydrogens (tertiary/aromatic N) is 6. The number of amides is 1. The maximum absolute atomic E-state index is 12.1. The Hall–Kier alpha value is -2.97. The van der Waals surface area contributed by atoms with Crippen LogP contribution in [0.25, 0.3) is 0 Å². The number of carbonyl (C=O) groups is 1. The van der Waals surface area contributed by atoms with Crippen LogP contribution >= 0.6 is 0 Å². The Balaban J connectivity index is 1.34. The van der Waals surface area contributed by atoms with E-state index in [0.717, 1.165) is 30.2 Å². The zero-order valence-corrected chi connectivity index (χ0v) is 14.2. The van der Waals surface area contributed by atoms with Gasteiger partial charge in [-0.2, -0.15) is 0 Å². The summed E-state index contributed by atoms with van der Waals surface area (Å²) in [6.45, 7) is 2.52. The monoisotopic (exact) mass is 340 g/mol. The molecule has 25 heavy (non-hydrogen) atoms. The number of aromatic nitrogens is 7. The number of carbonyl (C=O) groups excluding carboxylic acids is 1. The number of hydrogen-bond donors (Lipinski definition) is 2. The van der Waals surface area contributed by atoms with Gasteiger partial charge in [0.05, 0.1) is 12.9 Å². The van der Waals surface area contributed by atoms with Crippen LogP contribution in [-0.4, -0.2) is 46.2 Å². The van der Waals surface area contributed by atoms with Crippen LogP contribution in [-0.2, 0) is 13.6 Å². The van der Waals surface area contributed by atoms with E-state index in [9.17, 15) is 4.79 Å². The van der Waals surface area contributed by atoms with Crippen molar-refractivity contribution in [2.45, 2.75) is 38.3 Å². The van der Waals surface area contributed by atoms with Gasteiger partial charge in [-0.05, 0) is 19.8 Å². The molecule has 0 aliphatic heterocycles. The van der Waals surface area contributed by atoms with E-state index in [1.165, 1.54) is 0 Å². The lowest BCUT2D eigenvalue weighted by Crippen LogP contribution is -2.44. The molecule has 1 fully saturated rings. The van der Waals surface area contributed by atoms with E-state index in [4.69, 9.17) is 0 Å². The smallest absolute Gasteiger partial charge is 0.287 e. The highest BCUT2D eigenvalue weighted by atomic mass is 16.2. The standard InChI is InChI=1S/C16H20N8O/c1-10-7-18-14(19-10)16(25)20-12-5-11(6-12)15-22-21-13(23(15)2)8-24-4-3-17-9-24/h3-4,7,9,11-12H,5-6,8H2,1-2H3,(H,18,19)(H,20,25). The first-order valence-corrected chi connectivity index (χ1v) is 8.26. The van der Waals surface area contributed by atoms with Gasteiger partial charge in [-0.25, -0.2) is 9.97 Å². The molecule has 3 aromatic rings. The average Bonchev–Trinajstić information content (AvgIpc) is 3.27. The molecule has 130 valence electrons. The van der Waals surface area contributed by atoms with E-state index in [1.807, 2.05) is 29.3 Å². The molecule has 0 saturated heterocycles. The van der Waals surface area contributed by atoms with Crippen LogP contribution < -0.4 is 5.32 Å². The van der Waals surface area contributed by atoms with E-state index >= 15 is 0 Å². The Kier molecular flexibility index (Phi) is 3.83. The molecule has 1 aliphatic carbocycles. The molecule has 3 heterocycles. The second-order valence-corrected chi connectivity index (χ2v) is 6.52. The van der Waals surface area contributed by atoms with Gasteiger partial charge in [-0.3, -0.25) is 4.79 Å². The number of hydrogen-bond acceptors (Lipinski definition) is 5. The summed E-state index contributed by atoms with van der Waals surface area (Å²) in [6.07, 6.45) is 8.79. The summed E-state index contributed by atoms with van der Waals surface area (Å²) in [4.78, 5) is 23.1. The molecule has 0 unspecified atom stereocenters. The first-order chi connectivity index (χ1) is 12.1. The van der Waals surface area contributed by atoms with Crippen LogP contribution in [0.1, 0.15) is 46.7 Å². The zero-order valence-electron chi connectivity index (χ0n) is 14.2. The Labute approximate surface area is 144 Å². The van der Waals surface area contributed by atoms with Gasteiger partial charge in [0, 0.05) is 43.3 Å². The normalized spacial score (nSPS) is 19.6. The topological polar surface area (TPSA) is 106 Å². The van der Waals surface area contributed by atoms with Gasteiger partial charge in [0.15, 0.2) is 11.6 Å². The fourth-order valence-corrected chi connectivity index (χ4v) is 3.14. The Morgan fingerprint density at radius 2 is 2.24 bits per heavy atom. The van der Waals surface area contributed by atoms with Crippen molar-refractivity contribution < 1.29 is 4.79 Å². The lowest BCUT2D eigenvalue weighted by molar-refractivity contribution is 0.0897. The number of H-pyrrole nitrogens is 1. The number of rotatable bonds is 5. The van der Waals surface area contributed by atoms with E-state index < -0.39 is 0 Å². The second kappa shape index (κ2) is 6.15. The molecule has 1 amide bonds. The summed E-state index contributed by atoms with van der Waals surface area (Å²) in [7, 11) is 1.99. The van der Waals surface area contributed by atoms with Crippen molar-refractivity contribution in [3.8, 4) is 0 Å². The van der Waals surface area contributed by atoms with Crippen molar-refractivity contribution in [1.29, 1.82) is 0 Å². The predicted molar refractivity (Wildman–Crippen MR) is 88.9 cm³/mol. The minimum absolute atomic E-state index is 0.150. The van der Waals surface area contributed by atoms with Crippen molar-refractivity contribution >= 4 is 5.91 Å². The highest BCUT2D eigenvalue weighted by molar-refractivity contribution is 5.90. The average molecular weight is 340 g/mol. The van der Waals surface area contributed by atoms with Crippen LogP contribution in [0.2, 0.25) is 0 Å². The molecule has 2 N–H and O–H groups in total. The molecule has 4 rings (SSSR count). The van der Waals surface area contributed by atoms with Crippen LogP contribution in [0.5, 0.6) is 0 Å². The maximum Gasteiger partial charge on any atom is 0.287 e. The molecular formula is C16H20N8O. The van der Waals surface area contributed by atoms with Crippen LogP contribution in [0.4, 0.5) is 0 Å². The van der Waals surface area contributed by atoms with Crippen LogP contribution in [0.3, 0.4) is 0 Å². The van der Waals surface area contributed by atoms with Crippen molar-refractivity contribution in [2.24, 2.45) is 7.05 Å². The van der Waals surface area contributed by atoms with Gasteiger partial charge in [0.2, 0.25) is 0 Å². The van der Waals surface area contributed by atoms with Gasteiger partial charge < -0.3 is 19.4 Å². The highest BCUT2D eigenvalue weighted by Crippen LogP contribution is 2.36. The first-order valence-electron chi connectivity index (χ1n) is 8.26. The third-order valence-electron chi connectivity index (χ3n) is 4.64. The lowest BCUT2D eigenvalue weighted by Gasteiger charge is -2.34. The number of aryl methyl sites for hydroxylation is 1. The second-order valence-electron chi connectivity index (χ2n) is 6.52. The van der Waals surface area contributed by atoms with Crippen molar-refractivity contribution in [2.75, 3.05) is 0 Å². The third kappa shape index (κ3) is 3.04. The quantitative estimate of drug-likeness (QED) is 0.713. The fourth-order valence-electron chi connectivity index (χ4n) is 3.14. The minimum Gasteiger partial charge on any atom is -0.347 e. The molecule has 0 aromatic carbocycles. The summed E-state index contributed by atoms with van der Waals surface area (Å²) < 4.78 is 4.00. The number of aromatic amines is 1. The predicted octanol–water partition coefficient (Wildman–Crippen LogP) is 0.767. The zero-order chi connectivity index (χ0) is 17.4. The summed E-state index contributed by atoms with van der Waals surface area (Å²) in [6, 6.07) is 0.150. The Bertz CT molecular complexity index is 872. The number of nitrogens with one attached hydrogen (secondary N) is 2. The van der Waals surface area contributed by atoms with Crippen molar-refractivity contribution in [1.82, 2.24) is 39.6 Å². The van der Waals surface area contributed by atoms with Gasteiger partial charge in [-0.15, -0.1) is 10.2 Å². The molecule has 0 spiro atoms. The molecule has 9 nitrogen and oxygen atoms in total. The van der Waals surface area contributed by atoms with Gasteiger partial charge in [-0.1, -0.05) is 0 Å². The summed E-state index contributed by atoms with van der Waals surface area (Å²) in [5, 5.41) is 11.6. The highest BCUT2D eigenvalue weighted by Gasteiger charge is 2.35. The Morgan fingerprint density at radius 1 is 1.40 bits per heavy atom. The lowest BCUT2D eigenvalue weighted by atomic mass is 9.79. The van der Waals surface area contributed by atoms with E-state index in [-0.39, 0.29) is 11.9 Å². The molecule has 3 aromatic heterocycles. The number of imidazole rings is 2. The summed E-state index contributed by atoms with van der Waals surface area (Å²) in [5.74, 6) is 2.39. The molecule has 1 saturated carbocycles. The summed E-state index contributed by atoms with van der Waals surface area (Å²) >= 11 is 0. The maximum atomic E-state index is 12.1. The molecular weight excluding hydrogens is 320 g/mol. The van der Waals surface area contributed by atoms with E-state index in [2.05, 4.69) is 30.5 Å². The SMILES string of the molecule is Cc1cnc(C(=O)NC2CC(c3nnc(Cn4ccnc4)n3C)C2)[nH]1. The van der Waals surface area contributed by atoms with E-state index in [1.54, 1.807) is 18.7 Å². The van der Waals surface area contributed by atoms with Gasteiger partial charge >= 0.3 is 0 Å². The first kappa shape index (κ1) is 15.6. The summed E-state index contributed by atoms with van der Waals surface area (Å²) in [5.41, 5.74) is 0.876. The van der Waals surface area contributed by atoms with E-state index in [0.29, 0.717) is 18.3 Å². The van der Waals surface area contributed by atoms with Crippen LogP contribution in [0, 0.1) is 6.92 Å². The van der Waals surface area contributed by atoms with Gasteiger partial charge in [0.25, 0.3) is 5.91 Å². The van der Waals surface area contributed by atoms with Crippen molar-refractivity contribution in [3.05, 3.63) is 48.1 Å². The minimum atomic E-state index is -0.157. The van der Waals surface area contributed by atoms with Gasteiger partial charge in [0.1, 0.15) is 5.82 Å². The largest absolute Gasteiger partial charge is 0.347 e. The molecule has 0 atom stereocenters. The molecule has 1 aliphatic rings. The molecule has 9 heteroatoms.